The van der Waals surface area contributed by atoms with E-state index in [1.807, 2.05) is 0 Å². The largest absolute Gasteiger partial charge is 0.354 e. The van der Waals surface area contributed by atoms with Crippen molar-refractivity contribution in [2.24, 2.45) is 5.92 Å². The molecule has 5 nitrogen and oxygen atoms in total. The summed E-state index contributed by atoms with van der Waals surface area (Å²) in [6, 6.07) is 0.470. The topological polar surface area (TPSA) is 52.7 Å². The Balaban J connectivity index is 1.34. The zero-order valence-corrected chi connectivity index (χ0v) is 16.2. The van der Waals surface area contributed by atoms with Crippen LogP contribution in [0.1, 0.15) is 77.0 Å². The Kier molecular flexibility index (Phi) is 5.53. The van der Waals surface area contributed by atoms with Crippen molar-refractivity contribution in [3.05, 3.63) is 0 Å². The average molecular weight is 362 g/mol. The van der Waals surface area contributed by atoms with Gasteiger partial charge in [0.2, 0.25) is 11.8 Å². The number of amides is 2. The van der Waals surface area contributed by atoms with Gasteiger partial charge in [0, 0.05) is 31.5 Å². The Morgan fingerprint density at radius 2 is 1.69 bits per heavy atom. The Morgan fingerprint density at radius 1 is 1.00 bits per heavy atom. The molecule has 2 aliphatic carbocycles. The summed E-state index contributed by atoms with van der Waals surface area (Å²) in [6.07, 6.45) is 13.5. The number of carbonyl (C=O) groups excluding carboxylic acids is 2. The fourth-order valence-corrected chi connectivity index (χ4v) is 5.88. The molecule has 1 atom stereocenters. The lowest BCUT2D eigenvalue weighted by Gasteiger charge is -2.43. The van der Waals surface area contributed by atoms with E-state index in [0.29, 0.717) is 30.8 Å². The zero-order valence-electron chi connectivity index (χ0n) is 16.2. The van der Waals surface area contributed by atoms with E-state index in [0.717, 1.165) is 32.5 Å². The van der Waals surface area contributed by atoms with Gasteiger partial charge in [0.25, 0.3) is 0 Å². The van der Waals surface area contributed by atoms with E-state index in [9.17, 15) is 9.59 Å². The zero-order chi connectivity index (χ0) is 18.0. The lowest BCUT2D eigenvalue weighted by molar-refractivity contribution is -0.135. The SMILES string of the molecule is O=C1CC(CNC(=O)C2(N3CCCC3)CCCCC2)CN1C1CCCC1. The highest BCUT2D eigenvalue weighted by Gasteiger charge is 2.45. The molecule has 0 aromatic heterocycles. The van der Waals surface area contributed by atoms with Gasteiger partial charge < -0.3 is 10.2 Å². The molecule has 4 rings (SSSR count). The van der Waals surface area contributed by atoms with Crippen LogP contribution >= 0.6 is 0 Å². The summed E-state index contributed by atoms with van der Waals surface area (Å²) < 4.78 is 0. The Bertz CT molecular complexity index is 517. The van der Waals surface area contributed by atoms with Crippen LogP contribution in [-0.2, 0) is 9.59 Å². The number of hydrogen-bond acceptors (Lipinski definition) is 3. The Labute approximate surface area is 157 Å². The molecule has 0 aromatic carbocycles. The summed E-state index contributed by atoms with van der Waals surface area (Å²) in [7, 11) is 0. The first-order valence-electron chi connectivity index (χ1n) is 11.0. The molecule has 0 aromatic rings. The molecule has 4 fully saturated rings. The lowest BCUT2D eigenvalue weighted by Crippen LogP contribution is -2.59. The van der Waals surface area contributed by atoms with Gasteiger partial charge >= 0.3 is 0 Å². The third-order valence-corrected chi connectivity index (χ3v) is 7.37. The molecule has 2 amide bonds. The summed E-state index contributed by atoms with van der Waals surface area (Å²) in [4.78, 5) is 30.2. The maximum Gasteiger partial charge on any atom is 0.240 e. The van der Waals surface area contributed by atoms with Gasteiger partial charge in [0.05, 0.1) is 0 Å². The number of rotatable bonds is 5. The van der Waals surface area contributed by atoms with E-state index < -0.39 is 0 Å². The standard InChI is InChI=1S/C21H35N3O2/c25-19-14-17(16-24(19)18-8-2-3-9-18)15-22-20(26)21(10-4-1-5-11-21)23-12-6-7-13-23/h17-18H,1-16H2,(H,22,26). The molecule has 2 saturated carbocycles. The summed E-state index contributed by atoms with van der Waals surface area (Å²) in [6.45, 7) is 3.67. The molecule has 5 heteroatoms. The number of nitrogens with one attached hydrogen (secondary N) is 1. The first kappa shape index (κ1) is 18.3. The highest BCUT2D eigenvalue weighted by atomic mass is 16.2. The summed E-state index contributed by atoms with van der Waals surface area (Å²) in [5.74, 6) is 0.847. The lowest BCUT2D eigenvalue weighted by atomic mass is 9.79. The van der Waals surface area contributed by atoms with E-state index in [1.165, 1.54) is 57.8 Å². The van der Waals surface area contributed by atoms with E-state index in [-0.39, 0.29) is 11.4 Å². The molecule has 26 heavy (non-hydrogen) atoms. The van der Waals surface area contributed by atoms with Crippen LogP contribution in [0.5, 0.6) is 0 Å². The van der Waals surface area contributed by atoms with Crippen molar-refractivity contribution >= 4 is 11.8 Å². The van der Waals surface area contributed by atoms with E-state index in [1.54, 1.807) is 0 Å². The monoisotopic (exact) mass is 361 g/mol. The first-order chi connectivity index (χ1) is 12.7. The minimum atomic E-state index is -0.261. The fourth-order valence-electron chi connectivity index (χ4n) is 5.88. The molecular formula is C21H35N3O2. The summed E-state index contributed by atoms with van der Waals surface area (Å²) >= 11 is 0. The highest BCUT2D eigenvalue weighted by Crippen LogP contribution is 2.36. The van der Waals surface area contributed by atoms with Crippen LogP contribution in [0, 0.1) is 5.92 Å². The van der Waals surface area contributed by atoms with Crippen LogP contribution in [0.3, 0.4) is 0 Å². The Hall–Kier alpha value is -1.10. The number of hydrogen-bond donors (Lipinski definition) is 1. The predicted molar refractivity (Wildman–Crippen MR) is 102 cm³/mol. The van der Waals surface area contributed by atoms with Gasteiger partial charge in [-0.2, -0.15) is 0 Å². The third-order valence-electron chi connectivity index (χ3n) is 7.37. The maximum atomic E-state index is 13.2. The van der Waals surface area contributed by atoms with Gasteiger partial charge in [-0.25, -0.2) is 0 Å². The van der Waals surface area contributed by atoms with Crippen molar-refractivity contribution in [1.29, 1.82) is 0 Å². The second-order valence-electron chi connectivity index (χ2n) is 9.05. The van der Waals surface area contributed by atoms with Crippen LogP contribution in [0.25, 0.3) is 0 Å². The molecule has 0 bridgehead atoms. The molecule has 2 heterocycles. The minimum absolute atomic E-state index is 0.242. The van der Waals surface area contributed by atoms with Crippen molar-refractivity contribution in [1.82, 2.24) is 15.1 Å². The van der Waals surface area contributed by atoms with Crippen LogP contribution < -0.4 is 5.32 Å². The van der Waals surface area contributed by atoms with Gasteiger partial charge in [-0.3, -0.25) is 14.5 Å². The molecule has 146 valence electrons. The maximum absolute atomic E-state index is 13.2. The summed E-state index contributed by atoms with van der Waals surface area (Å²) in [5, 5.41) is 3.28. The predicted octanol–water partition coefficient (Wildman–Crippen LogP) is 2.69. The molecule has 1 unspecified atom stereocenters. The van der Waals surface area contributed by atoms with Crippen LogP contribution in [-0.4, -0.2) is 59.4 Å². The van der Waals surface area contributed by atoms with Gasteiger partial charge in [-0.15, -0.1) is 0 Å². The van der Waals surface area contributed by atoms with Gasteiger partial charge in [0.1, 0.15) is 5.54 Å². The normalized spacial score (nSPS) is 30.2. The Morgan fingerprint density at radius 3 is 2.38 bits per heavy atom. The van der Waals surface area contributed by atoms with E-state index >= 15 is 0 Å². The van der Waals surface area contributed by atoms with Crippen LogP contribution in [0.2, 0.25) is 0 Å². The van der Waals surface area contributed by atoms with E-state index in [4.69, 9.17) is 0 Å². The average Bonchev–Trinajstić information content (AvgIpc) is 3.41. The second-order valence-corrected chi connectivity index (χ2v) is 9.05. The quantitative estimate of drug-likeness (QED) is 0.819. The van der Waals surface area contributed by atoms with Crippen molar-refractivity contribution in [3.8, 4) is 0 Å². The molecule has 1 N–H and O–H groups in total. The minimum Gasteiger partial charge on any atom is -0.354 e. The van der Waals surface area contributed by atoms with Crippen molar-refractivity contribution in [2.45, 2.75) is 88.6 Å². The second kappa shape index (κ2) is 7.87. The van der Waals surface area contributed by atoms with Crippen molar-refractivity contribution < 1.29 is 9.59 Å². The third kappa shape index (κ3) is 3.51. The molecule has 2 aliphatic heterocycles. The molecule has 2 saturated heterocycles. The van der Waals surface area contributed by atoms with Gasteiger partial charge in [-0.1, -0.05) is 32.1 Å². The number of likely N-dealkylation sites (tertiary alicyclic amines) is 2. The van der Waals surface area contributed by atoms with Gasteiger partial charge in [0.15, 0.2) is 0 Å². The van der Waals surface area contributed by atoms with Crippen LogP contribution in [0.15, 0.2) is 0 Å². The highest BCUT2D eigenvalue weighted by molar-refractivity contribution is 5.86. The molecule has 0 spiro atoms. The number of carbonyl (C=O) groups is 2. The van der Waals surface area contributed by atoms with Gasteiger partial charge in [-0.05, 0) is 51.6 Å². The smallest absolute Gasteiger partial charge is 0.240 e. The first-order valence-corrected chi connectivity index (χ1v) is 11.0. The molecule has 0 radical (unpaired) electrons. The molecule has 4 aliphatic rings. The fraction of sp³-hybridized carbons (Fsp3) is 0.905. The van der Waals surface area contributed by atoms with E-state index in [2.05, 4.69) is 15.1 Å². The molecular weight excluding hydrogens is 326 g/mol. The van der Waals surface area contributed by atoms with Crippen LogP contribution in [0.4, 0.5) is 0 Å². The van der Waals surface area contributed by atoms with Crippen molar-refractivity contribution in [3.63, 3.8) is 0 Å². The number of nitrogens with zero attached hydrogens (tertiary/aromatic N) is 2. The van der Waals surface area contributed by atoms with Crippen molar-refractivity contribution in [2.75, 3.05) is 26.2 Å². The summed E-state index contributed by atoms with van der Waals surface area (Å²) in [5.41, 5.74) is -0.261.